The molecule has 0 amide bonds. The van der Waals surface area contributed by atoms with E-state index in [-0.39, 0.29) is 0 Å². The summed E-state index contributed by atoms with van der Waals surface area (Å²) in [6.07, 6.45) is 3.15. The van der Waals surface area contributed by atoms with Crippen molar-refractivity contribution in [3.63, 3.8) is 0 Å². The summed E-state index contributed by atoms with van der Waals surface area (Å²) >= 11 is 0. The molecule has 0 N–H and O–H groups in total. The maximum absolute atomic E-state index is 2.38. The van der Waals surface area contributed by atoms with Crippen LogP contribution < -0.4 is 0 Å². The summed E-state index contributed by atoms with van der Waals surface area (Å²) in [5.41, 5.74) is 18.9. The van der Waals surface area contributed by atoms with Crippen LogP contribution in [0.3, 0.4) is 0 Å². The third-order valence-corrected chi connectivity index (χ3v) is 7.14. The number of hydrogen-bond donors (Lipinski definition) is 0. The molecule has 6 rings (SSSR count). The molecule has 0 atom stereocenters. The quantitative estimate of drug-likeness (QED) is 0.286. The van der Waals surface area contributed by atoms with Crippen LogP contribution >= 0.6 is 0 Å². The third-order valence-electron chi connectivity index (χ3n) is 7.14. The molecule has 0 saturated heterocycles. The second-order valence-corrected chi connectivity index (χ2v) is 8.93. The van der Waals surface area contributed by atoms with Crippen LogP contribution in [0.25, 0.3) is 33.4 Å². The lowest BCUT2D eigenvalue weighted by molar-refractivity contribution is 1.12. The standard InChI is InChI=1S/C30H26/c1-4-20-11-14-26-23-8-6-5-7-21(23)16-28(26)30(20)29-19(3)10-13-25-24-12-9-18(2)15-22(24)17-27(25)29/h5-15H,4,16-17H2,1-3H3. The molecular formula is C30H26. The lowest BCUT2D eigenvalue weighted by Crippen LogP contribution is -2.00. The fourth-order valence-corrected chi connectivity index (χ4v) is 5.74. The van der Waals surface area contributed by atoms with Crippen LogP contribution in [0.1, 0.15) is 45.9 Å². The van der Waals surface area contributed by atoms with Gasteiger partial charge in [-0.2, -0.15) is 0 Å². The summed E-state index contributed by atoms with van der Waals surface area (Å²) in [5.74, 6) is 0. The van der Waals surface area contributed by atoms with Crippen molar-refractivity contribution in [2.24, 2.45) is 0 Å². The molecule has 2 aliphatic rings. The number of fused-ring (bicyclic) bond motifs is 6. The van der Waals surface area contributed by atoms with Crippen molar-refractivity contribution in [2.45, 2.75) is 40.0 Å². The van der Waals surface area contributed by atoms with Crippen LogP contribution in [-0.4, -0.2) is 0 Å². The number of rotatable bonds is 2. The molecule has 0 radical (unpaired) electrons. The van der Waals surface area contributed by atoms with Crippen LogP contribution in [-0.2, 0) is 19.3 Å². The van der Waals surface area contributed by atoms with Crippen molar-refractivity contribution in [3.8, 4) is 33.4 Å². The van der Waals surface area contributed by atoms with Crippen molar-refractivity contribution in [1.82, 2.24) is 0 Å². The first-order valence-electron chi connectivity index (χ1n) is 11.1. The second kappa shape index (κ2) is 6.44. The number of hydrogen-bond acceptors (Lipinski definition) is 0. The lowest BCUT2D eigenvalue weighted by Gasteiger charge is -2.20. The monoisotopic (exact) mass is 386 g/mol. The van der Waals surface area contributed by atoms with E-state index in [0.717, 1.165) is 19.3 Å². The summed E-state index contributed by atoms with van der Waals surface area (Å²) in [4.78, 5) is 0. The van der Waals surface area contributed by atoms with E-state index in [9.17, 15) is 0 Å². The van der Waals surface area contributed by atoms with Gasteiger partial charge in [0.25, 0.3) is 0 Å². The number of aryl methyl sites for hydroxylation is 3. The largest absolute Gasteiger partial charge is 0.0619 e. The van der Waals surface area contributed by atoms with Gasteiger partial charge in [0.15, 0.2) is 0 Å². The van der Waals surface area contributed by atoms with Gasteiger partial charge in [0, 0.05) is 0 Å². The zero-order valence-corrected chi connectivity index (χ0v) is 18.0. The molecule has 0 unspecified atom stereocenters. The normalized spacial score (nSPS) is 13.0. The average molecular weight is 387 g/mol. The van der Waals surface area contributed by atoms with Crippen molar-refractivity contribution in [1.29, 1.82) is 0 Å². The van der Waals surface area contributed by atoms with Crippen LogP contribution in [0.4, 0.5) is 0 Å². The van der Waals surface area contributed by atoms with Gasteiger partial charge in [-0.1, -0.05) is 79.2 Å². The van der Waals surface area contributed by atoms with Crippen LogP contribution in [0.2, 0.25) is 0 Å². The molecule has 0 spiro atoms. The lowest BCUT2D eigenvalue weighted by atomic mass is 9.84. The van der Waals surface area contributed by atoms with E-state index in [2.05, 4.69) is 87.5 Å². The summed E-state index contributed by atoms with van der Waals surface area (Å²) < 4.78 is 0. The predicted molar refractivity (Wildman–Crippen MR) is 127 cm³/mol. The Hall–Kier alpha value is -3.12. The highest BCUT2D eigenvalue weighted by molar-refractivity contribution is 5.92. The molecule has 30 heavy (non-hydrogen) atoms. The molecule has 146 valence electrons. The van der Waals surface area contributed by atoms with E-state index in [0.29, 0.717) is 0 Å². The zero-order chi connectivity index (χ0) is 20.4. The smallest absolute Gasteiger partial charge is 0.000708 e. The fraction of sp³-hybridized carbons (Fsp3) is 0.200. The van der Waals surface area contributed by atoms with Crippen molar-refractivity contribution >= 4 is 0 Å². The Morgan fingerprint density at radius 3 is 2.13 bits per heavy atom. The molecule has 4 aromatic rings. The minimum absolute atomic E-state index is 1.04. The highest BCUT2D eigenvalue weighted by Crippen LogP contribution is 2.49. The van der Waals surface area contributed by atoms with E-state index in [1.54, 1.807) is 0 Å². The van der Waals surface area contributed by atoms with Gasteiger partial charge in [-0.25, -0.2) is 0 Å². The van der Waals surface area contributed by atoms with Gasteiger partial charge in [0.1, 0.15) is 0 Å². The summed E-state index contributed by atoms with van der Waals surface area (Å²) in [7, 11) is 0. The minimum Gasteiger partial charge on any atom is -0.0619 e. The molecule has 0 bridgehead atoms. The van der Waals surface area contributed by atoms with Crippen LogP contribution in [0, 0.1) is 13.8 Å². The SMILES string of the molecule is CCc1ccc2c(c1-c1c(C)ccc3c1Cc1cc(C)ccc1-3)Cc1ccccc1-2. The van der Waals surface area contributed by atoms with E-state index in [4.69, 9.17) is 0 Å². The summed E-state index contributed by atoms with van der Waals surface area (Å²) in [5, 5.41) is 0. The zero-order valence-electron chi connectivity index (χ0n) is 18.0. The van der Waals surface area contributed by atoms with Crippen LogP contribution in [0.5, 0.6) is 0 Å². The van der Waals surface area contributed by atoms with Gasteiger partial charge < -0.3 is 0 Å². The van der Waals surface area contributed by atoms with E-state index in [1.807, 2.05) is 0 Å². The molecule has 0 aromatic heterocycles. The van der Waals surface area contributed by atoms with Gasteiger partial charge in [-0.05, 0) is 99.9 Å². The molecule has 0 aliphatic heterocycles. The Bertz CT molecular complexity index is 1340. The first kappa shape index (κ1) is 17.7. The Labute approximate surface area is 179 Å². The molecular weight excluding hydrogens is 360 g/mol. The van der Waals surface area contributed by atoms with Crippen LogP contribution in [0.15, 0.2) is 66.7 Å². The molecule has 0 nitrogen and oxygen atoms in total. The number of benzene rings is 4. The van der Waals surface area contributed by atoms with Gasteiger partial charge in [0.2, 0.25) is 0 Å². The summed E-state index contributed by atoms with van der Waals surface area (Å²) in [6.45, 7) is 6.79. The van der Waals surface area contributed by atoms with Gasteiger partial charge in [-0.3, -0.25) is 0 Å². The fourth-order valence-electron chi connectivity index (χ4n) is 5.74. The first-order valence-corrected chi connectivity index (χ1v) is 11.1. The molecule has 0 fully saturated rings. The van der Waals surface area contributed by atoms with Gasteiger partial charge in [0.05, 0.1) is 0 Å². The minimum atomic E-state index is 1.04. The van der Waals surface area contributed by atoms with E-state index < -0.39 is 0 Å². The Balaban J connectivity index is 1.64. The summed E-state index contributed by atoms with van der Waals surface area (Å²) in [6, 6.07) is 25.3. The van der Waals surface area contributed by atoms with Gasteiger partial charge >= 0.3 is 0 Å². The van der Waals surface area contributed by atoms with Crippen molar-refractivity contribution < 1.29 is 0 Å². The highest BCUT2D eigenvalue weighted by Gasteiger charge is 2.28. The maximum Gasteiger partial charge on any atom is -0.000708 e. The molecule has 4 aromatic carbocycles. The van der Waals surface area contributed by atoms with Crippen molar-refractivity contribution in [3.05, 3.63) is 106 Å². The second-order valence-electron chi connectivity index (χ2n) is 8.93. The van der Waals surface area contributed by atoms with Gasteiger partial charge in [-0.15, -0.1) is 0 Å². The highest BCUT2D eigenvalue weighted by atomic mass is 14.3. The molecule has 0 heteroatoms. The Morgan fingerprint density at radius 1 is 0.633 bits per heavy atom. The average Bonchev–Trinajstić information content (AvgIpc) is 3.31. The molecule has 0 heterocycles. The molecule has 2 aliphatic carbocycles. The molecule has 0 saturated carbocycles. The van der Waals surface area contributed by atoms with E-state index >= 15 is 0 Å². The first-order chi connectivity index (χ1) is 14.7. The Morgan fingerprint density at radius 2 is 1.30 bits per heavy atom. The third kappa shape index (κ3) is 2.40. The Kier molecular flexibility index (Phi) is 3.80. The topological polar surface area (TPSA) is 0 Å². The van der Waals surface area contributed by atoms with E-state index in [1.165, 1.54) is 72.3 Å². The maximum atomic E-state index is 2.38. The predicted octanol–water partition coefficient (Wildman–Crippen LogP) is 7.68. The van der Waals surface area contributed by atoms with Crippen molar-refractivity contribution in [2.75, 3.05) is 0 Å².